The first-order chi connectivity index (χ1) is 11.4. The summed E-state index contributed by atoms with van der Waals surface area (Å²) in [6.45, 7) is 10.8. The highest BCUT2D eigenvalue weighted by Crippen LogP contribution is 2.06. The first-order valence-electron chi connectivity index (χ1n) is 9.47. The fraction of sp³-hybridized carbons (Fsp3) is 1.00. The molecule has 0 aromatic carbocycles. The van der Waals surface area contributed by atoms with Crippen molar-refractivity contribution in [1.82, 2.24) is 4.90 Å². The molecule has 0 bridgehead atoms. The van der Waals surface area contributed by atoms with Gasteiger partial charge in [0.25, 0.3) is 0 Å². The maximum absolute atomic E-state index is 5.65. The van der Waals surface area contributed by atoms with E-state index in [4.69, 9.17) is 18.9 Å². The molecule has 0 spiro atoms. The van der Waals surface area contributed by atoms with Gasteiger partial charge in [0.2, 0.25) is 0 Å². The molecule has 0 N–H and O–H groups in total. The van der Waals surface area contributed by atoms with Crippen molar-refractivity contribution in [3.8, 4) is 0 Å². The van der Waals surface area contributed by atoms with E-state index in [0.29, 0.717) is 39.6 Å². The van der Waals surface area contributed by atoms with Gasteiger partial charge in [-0.2, -0.15) is 0 Å². The van der Waals surface area contributed by atoms with Crippen molar-refractivity contribution in [3.63, 3.8) is 0 Å². The zero-order chi connectivity index (χ0) is 16.4. The number of ether oxygens (including phenoxy) is 4. The second kappa shape index (κ2) is 16.7. The largest absolute Gasteiger partial charge is 0.378 e. The van der Waals surface area contributed by atoms with Crippen LogP contribution in [0.5, 0.6) is 0 Å². The van der Waals surface area contributed by atoms with E-state index in [1.807, 2.05) is 0 Å². The molecule has 138 valence electrons. The van der Waals surface area contributed by atoms with E-state index < -0.39 is 0 Å². The van der Waals surface area contributed by atoms with Crippen LogP contribution in [-0.4, -0.2) is 77.4 Å². The van der Waals surface area contributed by atoms with Gasteiger partial charge in [0, 0.05) is 13.1 Å². The highest BCUT2D eigenvalue weighted by atomic mass is 16.6. The zero-order valence-corrected chi connectivity index (χ0v) is 15.1. The van der Waals surface area contributed by atoms with Gasteiger partial charge in [0.15, 0.2) is 0 Å². The van der Waals surface area contributed by atoms with Gasteiger partial charge in [0.05, 0.1) is 52.9 Å². The lowest BCUT2D eigenvalue weighted by Crippen LogP contribution is -2.32. The minimum atomic E-state index is 0.632. The summed E-state index contributed by atoms with van der Waals surface area (Å²) in [4.78, 5) is 2.46. The number of nitrogens with zero attached hydrogens (tertiary/aromatic N) is 1. The average molecular weight is 331 g/mol. The molecule has 1 aliphatic rings. The molecule has 0 saturated carbocycles. The predicted molar refractivity (Wildman–Crippen MR) is 93.1 cm³/mol. The Hall–Kier alpha value is -0.200. The molecule has 0 aromatic heterocycles. The van der Waals surface area contributed by atoms with Gasteiger partial charge in [-0.15, -0.1) is 0 Å². The maximum Gasteiger partial charge on any atom is 0.0701 e. The first kappa shape index (κ1) is 20.8. The lowest BCUT2D eigenvalue weighted by Gasteiger charge is -2.22. The monoisotopic (exact) mass is 331 g/mol. The van der Waals surface area contributed by atoms with Crippen molar-refractivity contribution in [1.29, 1.82) is 0 Å². The molecule has 0 radical (unpaired) electrons. The Morgan fingerprint density at radius 3 is 1.52 bits per heavy atom. The summed E-state index contributed by atoms with van der Waals surface area (Å²) >= 11 is 0. The Balaban J connectivity index is 2.15. The summed E-state index contributed by atoms with van der Waals surface area (Å²) in [6.07, 6.45) is 8.03. The van der Waals surface area contributed by atoms with Crippen molar-refractivity contribution >= 4 is 0 Å². The lowest BCUT2D eigenvalue weighted by atomic mass is 10.1. The molecule has 1 heterocycles. The van der Waals surface area contributed by atoms with Crippen LogP contribution in [-0.2, 0) is 18.9 Å². The molecule has 1 aliphatic heterocycles. The van der Waals surface area contributed by atoms with E-state index in [0.717, 1.165) is 32.8 Å². The van der Waals surface area contributed by atoms with Gasteiger partial charge in [-0.1, -0.05) is 39.0 Å². The van der Waals surface area contributed by atoms with E-state index in [2.05, 4.69) is 11.8 Å². The summed E-state index contributed by atoms with van der Waals surface area (Å²) in [6, 6.07) is 0. The minimum absolute atomic E-state index is 0.632. The van der Waals surface area contributed by atoms with Crippen LogP contribution in [0.25, 0.3) is 0 Å². The van der Waals surface area contributed by atoms with Gasteiger partial charge in [-0.05, 0) is 13.0 Å². The van der Waals surface area contributed by atoms with Gasteiger partial charge >= 0.3 is 0 Å². The Morgan fingerprint density at radius 2 is 1.00 bits per heavy atom. The lowest BCUT2D eigenvalue weighted by molar-refractivity contribution is 0.00206. The van der Waals surface area contributed by atoms with Gasteiger partial charge < -0.3 is 18.9 Å². The number of hydrogen-bond donors (Lipinski definition) is 0. The molecule has 5 heteroatoms. The van der Waals surface area contributed by atoms with Crippen LogP contribution in [0.4, 0.5) is 0 Å². The third-order valence-electron chi connectivity index (χ3n) is 4.05. The van der Waals surface area contributed by atoms with Crippen molar-refractivity contribution in [3.05, 3.63) is 0 Å². The normalized spacial score (nSPS) is 20.7. The van der Waals surface area contributed by atoms with E-state index in [9.17, 15) is 0 Å². The van der Waals surface area contributed by atoms with Crippen LogP contribution in [0.2, 0.25) is 0 Å². The summed E-state index contributed by atoms with van der Waals surface area (Å²) in [7, 11) is 0. The third-order valence-corrected chi connectivity index (χ3v) is 4.05. The molecule has 0 amide bonds. The third kappa shape index (κ3) is 13.9. The highest BCUT2D eigenvalue weighted by molar-refractivity contribution is 4.58. The Labute approximate surface area is 142 Å². The Bertz CT molecular complexity index is 225. The molecule has 1 saturated heterocycles. The van der Waals surface area contributed by atoms with Gasteiger partial charge in [0.1, 0.15) is 0 Å². The standard InChI is InChI=1S/C18H37NO4/c1-2-3-4-5-6-7-8-19-9-11-20-13-15-22-17-18-23-16-14-21-12-10-19/h2-18H2,1H3. The number of rotatable bonds is 7. The summed E-state index contributed by atoms with van der Waals surface area (Å²) in [5.41, 5.74) is 0. The summed E-state index contributed by atoms with van der Waals surface area (Å²) in [5, 5.41) is 0. The molecular formula is C18H37NO4. The van der Waals surface area contributed by atoms with E-state index in [-0.39, 0.29) is 0 Å². The summed E-state index contributed by atoms with van der Waals surface area (Å²) < 4.78 is 22.2. The second-order valence-corrected chi connectivity index (χ2v) is 6.06. The van der Waals surface area contributed by atoms with E-state index in [1.165, 1.54) is 38.5 Å². The highest BCUT2D eigenvalue weighted by Gasteiger charge is 2.05. The van der Waals surface area contributed by atoms with E-state index in [1.54, 1.807) is 0 Å². The van der Waals surface area contributed by atoms with Gasteiger partial charge in [-0.3, -0.25) is 4.90 Å². The second-order valence-electron chi connectivity index (χ2n) is 6.06. The molecule has 1 fully saturated rings. The fourth-order valence-electron chi connectivity index (χ4n) is 2.60. The molecule has 1 rings (SSSR count). The average Bonchev–Trinajstić information content (AvgIpc) is 2.57. The van der Waals surface area contributed by atoms with Crippen LogP contribution in [0.1, 0.15) is 45.4 Å². The molecule has 0 aliphatic carbocycles. The van der Waals surface area contributed by atoms with Crippen molar-refractivity contribution < 1.29 is 18.9 Å². The van der Waals surface area contributed by atoms with Crippen molar-refractivity contribution in [2.45, 2.75) is 45.4 Å². The Kier molecular flexibility index (Phi) is 15.1. The van der Waals surface area contributed by atoms with Crippen LogP contribution < -0.4 is 0 Å². The minimum Gasteiger partial charge on any atom is -0.378 e. The maximum atomic E-state index is 5.65. The number of unbranched alkanes of at least 4 members (excludes halogenated alkanes) is 5. The predicted octanol–water partition coefficient (Wildman–Crippen LogP) is 2.73. The van der Waals surface area contributed by atoms with Crippen LogP contribution >= 0.6 is 0 Å². The molecule has 23 heavy (non-hydrogen) atoms. The molecule has 5 nitrogen and oxygen atoms in total. The molecule has 0 unspecified atom stereocenters. The Morgan fingerprint density at radius 1 is 0.565 bits per heavy atom. The van der Waals surface area contributed by atoms with Gasteiger partial charge in [-0.25, -0.2) is 0 Å². The summed E-state index contributed by atoms with van der Waals surface area (Å²) in [5.74, 6) is 0. The van der Waals surface area contributed by atoms with Crippen molar-refractivity contribution in [2.75, 3.05) is 72.5 Å². The van der Waals surface area contributed by atoms with Crippen LogP contribution in [0.15, 0.2) is 0 Å². The van der Waals surface area contributed by atoms with E-state index >= 15 is 0 Å². The fourth-order valence-corrected chi connectivity index (χ4v) is 2.60. The first-order valence-corrected chi connectivity index (χ1v) is 9.47. The van der Waals surface area contributed by atoms with Crippen molar-refractivity contribution in [2.24, 2.45) is 0 Å². The van der Waals surface area contributed by atoms with Crippen LogP contribution in [0.3, 0.4) is 0 Å². The molecular weight excluding hydrogens is 294 g/mol. The van der Waals surface area contributed by atoms with Crippen LogP contribution in [0, 0.1) is 0 Å². The smallest absolute Gasteiger partial charge is 0.0701 e. The number of hydrogen-bond acceptors (Lipinski definition) is 5. The molecule has 0 atom stereocenters. The topological polar surface area (TPSA) is 40.2 Å². The molecule has 0 aromatic rings. The quantitative estimate of drug-likeness (QED) is 0.671. The SMILES string of the molecule is CCCCCCCCN1CCOCCOCCOCCOCC1. The zero-order valence-electron chi connectivity index (χ0n) is 15.1.